The lowest BCUT2D eigenvalue weighted by Gasteiger charge is -2.50. The van der Waals surface area contributed by atoms with Gasteiger partial charge in [0.25, 0.3) is 0 Å². The molecular formula is C22H28Cl2N4S. The lowest BCUT2D eigenvalue weighted by atomic mass is 9.79. The smallest absolute Gasteiger partial charge is 0.173 e. The highest BCUT2D eigenvalue weighted by atomic mass is 35.5. The van der Waals surface area contributed by atoms with Crippen LogP contribution in [0.15, 0.2) is 42.7 Å². The van der Waals surface area contributed by atoms with E-state index in [9.17, 15) is 0 Å². The second-order valence-electron chi connectivity index (χ2n) is 9.00. The molecule has 1 fully saturated rings. The van der Waals surface area contributed by atoms with Gasteiger partial charge in [-0.1, -0.05) is 29.3 Å². The van der Waals surface area contributed by atoms with Gasteiger partial charge in [0.1, 0.15) is 0 Å². The maximum atomic E-state index is 6.18. The van der Waals surface area contributed by atoms with Gasteiger partial charge in [-0.15, -0.1) is 0 Å². The molecule has 7 heteroatoms. The number of thiocarbonyl (C=S) groups is 1. The molecule has 1 aliphatic heterocycles. The number of rotatable bonds is 4. The van der Waals surface area contributed by atoms with E-state index in [0.717, 1.165) is 24.1 Å². The molecule has 0 unspecified atom stereocenters. The van der Waals surface area contributed by atoms with E-state index in [4.69, 9.17) is 35.4 Å². The van der Waals surface area contributed by atoms with E-state index in [-0.39, 0.29) is 17.1 Å². The van der Waals surface area contributed by atoms with Gasteiger partial charge in [-0.05, 0) is 82.6 Å². The van der Waals surface area contributed by atoms with Crippen molar-refractivity contribution < 1.29 is 0 Å². The lowest BCUT2D eigenvalue weighted by Crippen LogP contribution is -2.63. The molecule has 0 bridgehead atoms. The Hall–Kier alpha value is -1.40. The fourth-order valence-electron chi connectivity index (χ4n) is 4.31. The number of benzene rings is 1. The Morgan fingerprint density at radius 2 is 1.86 bits per heavy atom. The van der Waals surface area contributed by atoms with Crippen LogP contribution >= 0.6 is 35.4 Å². The minimum atomic E-state index is 0.0127. The number of nitrogens with one attached hydrogen (secondary N) is 2. The molecule has 156 valence electrons. The number of halogens is 2. The first kappa shape index (κ1) is 22.3. The molecule has 0 saturated carbocycles. The van der Waals surface area contributed by atoms with Crippen LogP contribution in [0.5, 0.6) is 0 Å². The van der Waals surface area contributed by atoms with Gasteiger partial charge in [-0.2, -0.15) is 0 Å². The van der Waals surface area contributed by atoms with Gasteiger partial charge in [0.2, 0.25) is 0 Å². The first-order valence-corrected chi connectivity index (χ1v) is 10.9. The minimum Gasteiger partial charge on any atom is -0.342 e. The molecule has 0 radical (unpaired) electrons. The fourth-order valence-corrected chi connectivity index (χ4v) is 4.94. The molecule has 0 spiro atoms. The maximum Gasteiger partial charge on any atom is 0.173 e. The van der Waals surface area contributed by atoms with E-state index in [1.54, 1.807) is 18.3 Å². The highest BCUT2D eigenvalue weighted by molar-refractivity contribution is 7.80. The summed E-state index contributed by atoms with van der Waals surface area (Å²) in [5.41, 5.74) is 1.98. The van der Waals surface area contributed by atoms with Crippen molar-refractivity contribution in [1.82, 2.24) is 15.2 Å². The van der Waals surface area contributed by atoms with Crippen LogP contribution < -0.4 is 10.6 Å². The quantitative estimate of drug-likeness (QED) is 0.567. The third-order valence-electron chi connectivity index (χ3n) is 5.12. The van der Waals surface area contributed by atoms with Gasteiger partial charge in [-0.3, -0.25) is 4.98 Å². The van der Waals surface area contributed by atoms with Gasteiger partial charge < -0.3 is 15.5 Å². The van der Waals surface area contributed by atoms with Crippen LogP contribution in [0.3, 0.4) is 0 Å². The van der Waals surface area contributed by atoms with Crippen LogP contribution in [-0.4, -0.2) is 32.1 Å². The molecule has 1 aromatic carbocycles. The zero-order valence-electron chi connectivity index (χ0n) is 17.3. The monoisotopic (exact) mass is 450 g/mol. The molecular weight excluding hydrogens is 423 g/mol. The third-order valence-corrected chi connectivity index (χ3v) is 6.19. The topological polar surface area (TPSA) is 40.2 Å². The standard InChI is InChI=1S/C22H28Cl2N4S/c1-21(2)11-17(12-22(3,4)27-21)28(14-15-6-5-9-25-13-15)20(29)26-16-7-8-18(23)19(24)10-16/h5-10,13,17,27H,11-12,14H2,1-4H3,(H,26,29). The molecule has 4 nitrogen and oxygen atoms in total. The summed E-state index contributed by atoms with van der Waals surface area (Å²) in [6.45, 7) is 9.69. The Balaban J connectivity index is 1.87. The van der Waals surface area contributed by atoms with Crippen molar-refractivity contribution in [2.75, 3.05) is 5.32 Å². The predicted octanol–water partition coefficient (Wildman–Crippen LogP) is 5.90. The van der Waals surface area contributed by atoms with Crippen LogP contribution in [0, 0.1) is 0 Å². The summed E-state index contributed by atoms with van der Waals surface area (Å²) >= 11 is 18.1. The third kappa shape index (κ3) is 6.05. The number of nitrogens with zero attached hydrogens (tertiary/aromatic N) is 2. The van der Waals surface area contributed by atoms with E-state index >= 15 is 0 Å². The average Bonchev–Trinajstić information content (AvgIpc) is 2.61. The molecule has 0 amide bonds. The normalized spacial score (nSPS) is 18.3. The SMILES string of the molecule is CC1(C)CC(N(Cc2cccnc2)C(=S)Nc2ccc(Cl)c(Cl)c2)CC(C)(C)N1. The van der Waals surface area contributed by atoms with Crippen molar-refractivity contribution in [1.29, 1.82) is 0 Å². The maximum absolute atomic E-state index is 6.18. The summed E-state index contributed by atoms with van der Waals surface area (Å²) in [5.74, 6) is 0. The first-order valence-electron chi connectivity index (χ1n) is 9.76. The Bertz CT molecular complexity index is 854. The molecule has 0 atom stereocenters. The van der Waals surface area contributed by atoms with Gasteiger partial charge in [0, 0.05) is 41.7 Å². The molecule has 2 N–H and O–H groups in total. The van der Waals surface area contributed by atoms with Crippen LogP contribution in [0.4, 0.5) is 5.69 Å². The summed E-state index contributed by atoms with van der Waals surface area (Å²) < 4.78 is 0. The number of pyridine rings is 1. The average molecular weight is 451 g/mol. The second-order valence-corrected chi connectivity index (χ2v) is 10.2. The lowest BCUT2D eigenvalue weighted by molar-refractivity contribution is 0.101. The van der Waals surface area contributed by atoms with Crippen molar-refractivity contribution in [3.63, 3.8) is 0 Å². The first-order chi connectivity index (χ1) is 13.5. The number of aromatic nitrogens is 1. The highest BCUT2D eigenvalue weighted by Gasteiger charge is 2.40. The molecule has 2 aromatic rings. The van der Waals surface area contributed by atoms with Crippen molar-refractivity contribution in [3.05, 3.63) is 58.3 Å². The molecule has 1 aromatic heterocycles. The second kappa shape index (κ2) is 8.76. The van der Waals surface area contributed by atoms with Crippen molar-refractivity contribution in [2.45, 2.75) is 64.2 Å². The Morgan fingerprint density at radius 1 is 1.17 bits per heavy atom. The van der Waals surface area contributed by atoms with Crippen molar-refractivity contribution >= 4 is 46.2 Å². The Kier molecular flexibility index (Phi) is 6.74. The largest absolute Gasteiger partial charge is 0.342 e. The van der Waals surface area contributed by atoms with Crippen LogP contribution in [0.2, 0.25) is 10.0 Å². The number of piperidine rings is 1. The van der Waals surface area contributed by atoms with E-state index in [1.165, 1.54) is 0 Å². The van der Waals surface area contributed by atoms with E-state index in [0.29, 0.717) is 21.7 Å². The fraction of sp³-hybridized carbons (Fsp3) is 0.455. The van der Waals surface area contributed by atoms with Gasteiger partial charge in [0.05, 0.1) is 10.0 Å². The number of anilines is 1. The minimum absolute atomic E-state index is 0.0127. The van der Waals surface area contributed by atoms with Crippen LogP contribution in [-0.2, 0) is 6.54 Å². The zero-order chi connectivity index (χ0) is 21.2. The van der Waals surface area contributed by atoms with E-state index < -0.39 is 0 Å². The van der Waals surface area contributed by atoms with Crippen molar-refractivity contribution in [2.24, 2.45) is 0 Å². The van der Waals surface area contributed by atoms with E-state index in [1.807, 2.05) is 18.3 Å². The summed E-state index contributed by atoms with van der Waals surface area (Å²) in [5, 5.41) is 8.80. The molecule has 2 heterocycles. The van der Waals surface area contributed by atoms with Crippen LogP contribution in [0.1, 0.15) is 46.1 Å². The zero-order valence-corrected chi connectivity index (χ0v) is 19.6. The molecule has 3 rings (SSSR count). The summed E-state index contributed by atoms with van der Waals surface area (Å²) in [6.07, 6.45) is 5.66. The van der Waals surface area contributed by atoms with Gasteiger partial charge >= 0.3 is 0 Å². The summed E-state index contributed by atoms with van der Waals surface area (Å²) in [7, 11) is 0. The van der Waals surface area contributed by atoms with Gasteiger partial charge in [0.15, 0.2) is 5.11 Å². The summed E-state index contributed by atoms with van der Waals surface area (Å²) in [4.78, 5) is 6.55. The van der Waals surface area contributed by atoms with Crippen molar-refractivity contribution in [3.8, 4) is 0 Å². The highest BCUT2D eigenvalue weighted by Crippen LogP contribution is 2.33. The predicted molar refractivity (Wildman–Crippen MR) is 127 cm³/mol. The Morgan fingerprint density at radius 3 is 2.45 bits per heavy atom. The van der Waals surface area contributed by atoms with E-state index in [2.05, 4.69) is 54.3 Å². The number of hydrogen-bond acceptors (Lipinski definition) is 3. The van der Waals surface area contributed by atoms with Gasteiger partial charge in [-0.25, -0.2) is 0 Å². The Labute approximate surface area is 189 Å². The van der Waals surface area contributed by atoms with Crippen LogP contribution in [0.25, 0.3) is 0 Å². The molecule has 0 aliphatic carbocycles. The number of hydrogen-bond donors (Lipinski definition) is 2. The summed E-state index contributed by atoms with van der Waals surface area (Å²) in [6, 6.07) is 9.78. The molecule has 1 saturated heterocycles. The molecule has 1 aliphatic rings. The molecule has 29 heavy (non-hydrogen) atoms.